The van der Waals surface area contributed by atoms with Crippen LogP contribution in [-0.4, -0.2) is 33.5 Å². The summed E-state index contributed by atoms with van der Waals surface area (Å²) in [5.74, 6) is -4.71. The summed E-state index contributed by atoms with van der Waals surface area (Å²) in [5, 5.41) is 25.3. The fourth-order valence-corrected chi connectivity index (χ4v) is 0.502. The fourth-order valence-electron chi connectivity index (χ4n) is 0.502. The van der Waals surface area contributed by atoms with Gasteiger partial charge in [-0.15, -0.1) is 0 Å². The van der Waals surface area contributed by atoms with Crippen LogP contribution in [0.15, 0.2) is 23.5 Å². The topological polar surface area (TPSA) is 112 Å². The first-order valence-corrected chi connectivity index (χ1v) is 3.02. The van der Waals surface area contributed by atoms with E-state index < -0.39 is 23.3 Å². The van der Waals surface area contributed by atoms with Crippen molar-refractivity contribution in [3.05, 3.63) is 23.5 Å². The van der Waals surface area contributed by atoms with Gasteiger partial charge in [-0.2, -0.15) is 0 Å². The van der Waals surface area contributed by atoms with Crippen molar-refractivity contribution in [2.75, 3.05) is 0 Å². The standard InChI is InChI=1S/C7H6O6/c8-3-1-2-4(6(10)11)5(9)7(12)13/h1-3,9H,(H,10,11)(H,12,13)/b2-1-,5-4-. The number of carboxylic acid groups (broad SMARTS) is 2. The molecule has 0 rings (SSSR count). The van der Waals surface area contributed by atoms with E-state index in [9.17, 15) is 14.4 Å². The van der Waals surface area contributed by atoms with E-state index in [0.717, 1.165) is 6.08 Å². The van der Waals surface area contributed by atoms with Crippen LogP contribution in [0.5, 0.6) is 0 Å². The average molecular weight is 186 g/mol. The Balaban J connectivity index is 5.11. The summed E-state index contributed by atoms with van der Waals surface area (Å²) >= 11 is 0. The van der Waals surface area contributed by atoms with Gasteiger partial charge >= 0.3 is 11.9 Å². The smallest absolute Gasteiger partial charge is 0.371 e. The molecular formula is C7H6O6. The lowest BCUT2D eigenvalue weighted by molar-refractivity contribution is -0.138. The summed E-state index contributed by atoms with van der Waals surface area (Å²) in [4.78, 5) is 30.2. The lowest BCUT2D eigenvalue weighted by Crippen LogP contribution is -2.09. The molecule has 3 N–H and O–H groups in total. The van der Waals surface area contributed by atoms with Gasteiger partial charge in [0.25, 0.3) is 0 Å². The number of rotatable bonds is 4. The van der Waals surface area contributed by atoms with Gasteiger partial charge in [0.2, 0.25) is 5.76 Å². The van der Waals surface area contributed by atoms with Crippen molar-refractivity contribution in [2.24, 2.45) is 0 Å². The Morgan fingerprint density at radius 2 is 1.54 bits per heavy atom. The molecule has 13 heavy (non-hydrogen) atoms. The SMILES string of the molecule is O=C/C=C\C(C(=O)O)=C(\O)C(=O)O. The number of aliphatic hydroxyl groups excluding tert-OH is 1. The summed E-state index contributed by atoms with van der Waals surface area (Å²) < 4.78 is 0. The number of carbonyl (C=O) groups is 3. The number of carbonyl (C=O) groups excluding carboxylic acids is 1. The number of hydrogen-bond acceptors (Lipinski definition) is 4. The second-order valence-corrected chi connectivity index (χ2v) is 1.87. The molecule has 0 aliphatic heterocycles. The van der Waals surface area contributed by atoms with Crippen LogP contribution in [-0.2, 0) is 14.4 Å². The van der Waals surface area contributed by atoms with Gasteiger partial charge in [-0.05, 0) is 12.2 Å². The Labute approximate surface area is 72.4 Å². The summed E-state index contributed by atoms with van der Waals surface area (Å²) in [6.07, 6.45) is 1.72. The first-order chi connectivity index (χ1) is 6.00. The monoisotopic (exact) mass is 186 g/mol. The second-order valence-electron chi connectivity index (χ2n) is 1.87. The molecule has 0 saturated carbocycles. The Kier molecular flexibility index (Phi) is 3.94. The number of carboxylic acids is 2. The molecule has 0 aliphatic carbocycles. The van der Waals surface area contributed by atoms with E-state index in [1.807, 2.05) is 0 Å². The first kappa shape index (κ1) is 10.9. The normalized spacial score (nSPS) is 12.3. The molecule has 0 aromatic carbocycles. The molecule has 0 bridgehead atoms. The minimum absolute atomic E-state index is 0.262. The maximum absolute atomic E-state index is 10.3. The van der Waals surface area contributed by atoms with Crippen LogP contribution in [0.1, 0.15) is 0 Å². The number of aliphatic carboxylic acids is 2. The molecule has 0 aliphatic rings. The van der Waals surface area contributed by atoms with Crippen molar-refractivity contribution < 1.29 is 29.7 Å². The van der Waals surface area contributed by atoms with Gasteiger partial charge in [0, 0.05) is 0 Å². The third-order valence-corrected chi connectivity index (χ3v) is 1.03. The molecular weight excluding hydrogens is 180 g/mol. The third kappa shape index (κ3) is 3.19. The van der Waals surface area contributed by atoms with Crippen LogP contribution in [0, 0.1) is 0 Å². The highest BCUT2D eigenvalue weighted by molar-refractivity contribution is 5.99. The van der Waals surface area contributed by atoms with Crippen molar-refractivity contribution in [2.45, 2.75) is 0 Å². The molecule has 70 valence electrons. The molecule has 0 saturated heterocycles. The lowest BCUT2D eigenvalue weighted by Gasteiger charge is -1.95. The average Bonchev–Trinajstić information content (AvgIpc) is 2.04. The van der Waals surface area contributed by atoms with E-state index >= 15 is 0 Å². The molecule has 0 atom stereocenters. The Morgan fingerprint density at radius 3 is 1.85 bits per heavy atom. The van der Waals surface area contributed by atoms with Crippen LogP contribution in [0.4, 0.5) is 0 Å². The maximum atomic E-state index is 10.3. The predicted octanol–water partition coefficient (Wildman–Crippen LogP) is -0.277. The zero-order valence-corrected chi connectivity index (χ0v) is 6.30. The van der Waals surface area contributed by atoms with Gasteiger partial charge < -0.3 is 15.3 Å². The van der Waals surface area contributed by atoms with E-state index in [1.54, 1.807) is 0 Å². The minimum atomic E-state index is -1.77. The molecule has 0 aromatic heterocycles. The van der Waals surface area contributed by atoms with Crippen molar-refractivity contribution in [3.63, 3.8) is 0 Å². The van der Waals surface area contributed by atoms with Gasteiger partial charge in [0.15, 0.2) is 0 Å². The maximum Gasteiger partial charge on any atom is 0.371 e. The molecule has 6 heteroatoms. The lowest BCUT2D eigenvalue weighted by atomic mass is 10.2. The molecule has 0 fully saturated rings. The summed E-state index contributed by atoms with van der Waals surface area (Å²) in [7, 11) is 0. The van der Waals surface area contributed by atoms with Crippen LogP contribution in [0.2, 0.25) is 0 Å². The van der Waals surface area contributed by atoms with Gasteiger partial charge in [-0.3, -0.25) is 4.79 Å². The number of allylic oxidation sites excluding steroid dienone is 1. The fraction of sp³-hybridized carbons (Fsp3) is 0. The van der Waals surface area contributed by atoms with E-state index in [0.29, 0.717) is 6.08 Å². The first-order valence-electron chi connectivity index (χ1n) is 3.02. The third-order valence-electron chi connectivity index (χ3n) is 1.03. The second kappa shape index (κ2) is 4.70. The van der Waals surface area contributed by atoms with E-state index in [4.69, 9.17) is 15.3 Å². The van der Waals surface area contributed by atoms with Gasteiger partial charge in [0.1, 0.15) is 11.9 Å². The quantitative estimate of drug-likeness (QED) is 0.241. The van der Waals surface area contributed by atoms with Crippen molar-refractivity contribution in [1.29, 1.82) is 0 Å². The number of hydrogen-bond donors (Lipinski definition) is 3. The Bertz CT molecular complexity index is 298. The van der Waals surface area contributed by atoms with Gasteiger partial charge in [-0.1, -0.05) is 0 Å². The predicted molar refractivity (Wildman–Crippen MR) is 40.1 cm³/mol. The molecule has 0 radical (unpaired) electrons. The van der Waals surface area contributed by atoms with Gasteiger partial charge in [-0.25, -0.2) is 9.59 Å². The molecule has 0 heterocycles. The van der Waals surface area contributed by atoms with Crippen LogP contribution in [0.3, 0.4) is 0 Å². The zero-order chi connectivity index (χ0) is 10.4. The van der Waals surface area contributed by atoms with Crippen LogP contribution < -0.4 is 0 Å². The number of aliphatic hydroxyl groups is 1. The largest absolute Gasteiger partial charge is 0.501 e. The zero-order valence-electron chi connectivity index (χ0n) is 6.30. The highest BCUT2D eigenvalue weighted by Gasteiger charge is 2.16. The van der Waals surface area contributed by atoms with Crippen molar-refractivity contribution in [3.8, 4) is 0 Å². The van der Waals surface area contributed by atoms with Gasteiger partial charge in [0.05, 0.1) is 0 Å². The molecule has 6 nitrogen and oxygen atoms in total. The summed E-state index contributed by atoms with van der Waals surface area (Å²) in [6, 6.07) is 0. The Morgan fingerprint density at radius 1 is 1.00 bits per heavy atom. The van der Waals surface area contributed by atoms with E-state index in [2.05, 4.69) is 0 Å². The van der Waals surface area contributed by atoms with Crippen molar-refractivity contribution in [1.82, 2.24) is 0 Å². The van der Waals surface area contributed by atoms with Crippen LogP contribution >= 0.6 is 0 Å². The highest BCUT2D eigenvalue weighted by atomic mass is 16.4. The highest BCUT2D eigenvalue weighted by Crippen LogP contribution is 2.03. The van der Waals surface area contributed by atoms with Crippen LogP contribution in [0.25, 0.3) is 0 Å². The number of aldehydes is 1. The van der Waals surface area contributed by atoms with E-state index in [1.165, 1.54) is 0 Å². The summed E-state index contributed by atoms with van der Waals surface area (Å²) in [5.41, 5.74) is -0.848. The molecule has 0 spiro atoms. The Hall–Kier alpha value is -2.11. The molecule has 0 unspecified atom stereocenters. The summed E-state index contributed by atoms with van der Waals surface area (Å²) in [6.45, 7) is 0. The van der Waals surface area contributed by atoms with Crippen molar-refractivity contribution >= 4 is 18.2 Å². The molecule has 0 amide bonds. The molecule has 0 aromatic rings. The van der Waals surface area contributed by atoms with E-state index in [-0.39, 0.29) is 6.29 Å². The minimum Gasteiger partial charge on any atom is -0.501 e.